The normalized spacial score (nSPS) is 17.0. The lowest BCUT2D eigenvalue weighted by Gasteiger charge is -2.36. The smallest absolute Gasteiger partial charge is 0.315 e. The van der Waals surface area contributed by atoms with Gasteiger partial charge in [-0.15, -0.1) is 11.3 Å². The number of nitrogens with zero attached hydrogens (tertiary/aromatic N) is 3. The van der Waals surface area contributed by atoms with E-state index in [4.69, 9.17) is 0 Å². The second-order valence-corrected chi connectivity index (χ2v) is 8.12. The first-order valence-corrected chi connectivity index (χ1v) is 9.96. The molecule has 3 rings (SSSR count). The fraction of sp³-hybridized carbons (Fsp3) is 0.526. The summed E-state index contributed by atoms with van der Waals surface area (Å²) in [7, 11) is 0. The van der Waals surface area contributed by atoms with Gasteiger partial charge >= 0.3 is 6.03 Å². The van der Waals surface area contributed by atoms with Crippen LogP contribution in [0.25, 0.3) is 0 Å². The molecule has 1 aliphatic rings. The highest BCUT2D eigenvalue weighted by Crippen LogP contribution is 2.23. The van der Waals surface area contributed by atoms with Crippen LogP contribution in [-0.4, -0.2) is 40.0 Å². The SMILES string of the molecule is Cc1nc(C)c(CNC(=O)NC2CCN(C(C)c3ccncc3)CC2)s1. The lowest BCUT2D eigenvalue weighted by Crippen LogP contribution is -2.48. The quantitative estimate of drug-likeness (QED) is 0.844. The number of hydrogen-bond donors (Lipinski definition) is 2. The van der Waals surface area contributed by atoms with E-state index >= 15 is 0 Å². The van der Waals surface area contributed by atoms with E-state index < -0.39 is 0 Å². The van der Waals surface area contributed by atoms with Crippen molar-refractivity contribution in [1.82, 2.24) is 25.5 Å². The largest absolute Gasteiger partial charge is 0.335 e. The van der Waals surface area contributed by atoms with Crippen LogP contribution < -0.4 is 10.6 Å². The van der Waals surface area contributed by atoms with Crippen molar-refractivity contribution < 1.29 is 4.79 Å². The maximum atomic E-state index is 12.2. The van der Waals surface area contributed by atoms with Crippen molar-refractivity contribution >= 4 is 17.4 Å². The number of urea groups is 1. The molecule has 0 aromatic carbocycles. The highest BCUT2D eigenvalue weighted by atomic mass is 32.1. The zero-order valence-corrected chi connectivity index (χ0v) is 16.5. The number of thiazole rings is 1. The van der Waals surface area contributed by atoms with E-state index in [1.165, 1.54) is 5.56 Å². The minimum atomic E-state index is -0.0870. The molecular formula is C19H27N5OS. The summed E-state index contributed by atoms with van der Waals surface area (Å²) in [6.45, 7) is 8.72. The van der Waals surface area contributed by atoms with Gasteiger partial charge in [-0.1, -0.05) is 0 Å². The molecule has 0 aliphatic carbocycles. The lowest BCUT2D eigenvalue weighted by molar-refractivity contribution is 0.153. The van der Waals surface area contributed by atoms with Crippen LogP contribution in [0, 0.1) is 13.8 Å². The maximum Gasteiger partial charge on any atom is 0.315 e. The van der Waals surface area contributed by atoms with Crippen molar-refractivity contribution in [2.45, 2.75) is 52.2 Å². The number of nitrogens with one attached hydrogen (secondary N) is 2. The summed E-state index contributed by atoms with van der Waals surface area (Å²) in [6.07, 6.45) is 5.64. The van der Waals surface area contributed by atoms with E-state index in [0.29, 0.717) is 12.6 Å². The van der Waals surface area contributed by atoms with E-state index in [2.05, 4.69) is 44.6 Å². The van der Waals surface area contributed by atoms with Gasteiger partial charge in [-0.05, 0) is 51.3 Å². The standard InChI is InChI=1S/C19H27N5OS/c1-13-18(26-15(3)22-13)12-21-19(25)23-17-6-10-24(11-7-17)14(2)16-4-8-20-9-5-16/h4-5,8-9,14,17H,6-7,10-12H2,1-3H3,(H2,21,23,25). The summed E-state index contributed by atoms with van der Waals surface area (Å²) >= 11 is 1.64. The Hall–Kier alpha value is -1.99. The molecule has 1 aliphatic heterocycles. The first-order valence-electron chi connectivity index (χ1n) is 9.14. The van der Waals surface area contributed by atoms with Crippen LogP contribution in [0.2, 0.25) is 0 Å². The molecule has 26 heavy (non-hydrogen) atoms. The summed E-state index contributed by atoms with van der Waals surface area (Å²) in [4.78, 5) is 24.3. The van der Waals surface area contributed by atoms with Crippen molar-refractivity contribution in [3.63, 3.8) is 0 Å². The van der Waals surface area contributed by atoms with E-state index in [0.717, 1.165) is 41.5 Å². The summed E-state index contributed by atoms with van der Waals surface area (Å²) in [6, 6.07) is 4.68. The molecule has 0 bridgehead atoms. The fourth-order valence-corrected chi connectivity index (χ4v) is 4.30. The lowest BCUT2D eigenvalue weighted by atomic mass is 10.0. The van der Waals surface area contributed by atoms with Crippen LogP contribution in [-0.2, 0) is 6.54 Å². The number of rotatable bonds is 5. The third-order valence-electron chi connectivity index (χ3n) is 5.01. The first kappa shape index (κ1) is 18.8. The molecule has 1 saturated heterocycles. The van der Waals surface area contributed by atoms with Gasteiger partial charge in [-0.25, -0.2) is 9.78 Å². The third-order valence-corrected chi connectivity index (χ3v) is 6.08. The summed E-state index contributed by atoms with van der Waals surface area (Å²) < 4.78 is 0. The molecule has 1 atom stereocenters. The van der Waals surface area contributed by atoms with Crippen molar-refractivity contribution in [1.29, 1.82) is 0 Å². The predicted molar refractivity (Wildman–Crippen MR) is 104 cm³/mol. The topological polar surface area (TPSA) is 70.2 Å². The molecular weight excluding hydrogens is 346 g/mol. The van der Waals surface area contributed by atoms with Gasteiger partial charge in [0.05, 0.1) is 17.2 Å². The Labute approximate surface area is 159 Å². The van der Waals surface area contributed by atoms with Gasteiger partial charge in [0.1, 0.15) is 0 Å². The first-order chi connectivity index (χ1) is 12.5. The molecule has 6 nitrogen and oxygen atoms in total. The van der Waals surface area contributed by atoms with Crippen molar-refractivity contribution in [2.75, 3.05) is 13.1 Å². The molecule has 3 heterocycles. The number of carbonyl (C=O) groups is 1. The molecule has 2 aromatic heterocycles. The molecule has 7 heteroatoms. The van der Waals surface area contributed by atoms with Crippen LogP contribution in [0.15, 0.2) is 24.5 Å². The maximum absolute atomic E-state index is 12.2. The Kier molecular flexibility index (Phi) is 6.21. The minimum Gasteiger partial charge on any atom is -0.335 e. The number of piperidine rings is 1. The van der Waals surface area contributed by atoms with Crippen molar-refractivity contribution in [2.24, 2.45) is 0 Å². The fourth-order valence-electron chi connectivity index (χ4n) is 3.42. The highest BCUT2D eigenvalue weighted by molar-refractivity contribution is 7.11. The van der Waals surface area contributed by atoms with Crippen molar-refractivity contribution in [3.05, 3.63) is 45.7 Å². The number of aryl methyl sites for hydroxylation is 2. The zero-order chi connectivity index (χ0) is 18.5. The second-order valence-electron chi connectivity index (χ2n) is 6.84. The Bertz CT molecular complexity index is 725. The highest BCUT2D eigenvalue weighted by Gasteiger charge is 2.24. The third kappa shape index (κ3) is 4.80. The molecule has 2 aromatic rings. The number of hydrogen-bond acceptors (Lipinski definition) is 5. The Morgan fingerprint density at radius 2 is 2.00 bits per heavy atom. The molecule has 140 valence electrons. The molecule has 0 radical (unpaired) electrons. The molecule has 2 amide bonds. The van der Waals surface area contributed by atoms with Crippen LogP contribution in [0.5, 0.6) is 0 Å². The van der Waals surface area contributed by atoms with Crippen LogP contribution >= 0.6 is 11.3 Å². The Balaban J connectivity index is 1.42. The molecule has 0 spiro atoms. The summed E-state index contributed by atoms with van der Waals surface area (Å²) in [5.41, 5.74) is 2.30. The van der Waals surface area contributed by atoms with Crippen LogP contribution in [0.3, 0.4) is 0 Å². The summed E-state index contributed by atoms with van der Waals surface area (Å²) in [5.74, 6) is 0. The second kappa shape index (κ2) is 8.60. The Morgan fingerprint density at radius 1 is 1.31 bits per heavy atom. The molecule has 0 saturated carbocycles. The number of likely N-dealkylation sites (tertiary alicyclic amines) is 1. The van der Waals surface area contributed by atoms with Gasteiger partial charge in [0.25, 0.3) is 0 Å². The van der Waals surface area contributed by atoms with Crippen molar-refractivity contribution in [3.8, 4) is 0 Å². The van der Waals surface area contributed by atoms with Crippen LogP contribution in [0.4, 0.5) is 4.79 Å². The monoisotopic (exact) mass is 373 g/mol. The molecule has 1 unspecified atom stereocenters. The van der Waals surface area contributed by atoms with Gasteiger partial charge in [-0.3, -0.25) is 9.88 Å². The number of carbonyl (C=O) groups excluding carboxylic acids is 1. The molecule has 2 N–H and O–H groups in total. The van der Waals surface area contributed by atoms with E-state index in [-0.39, 0.29) is 12.1 Å². The molecule has 1 fully saturated rings. The van der Waals surface area contributed by atoms with E-state index in [9.17, 15) is 4.79 Å². The average molecular weight is 374 g/mol. The van der Waals surface area contributed by atoms with E-state index in [1.807, 2.05) is 26.2 Å². The van der Waals surface area contributed by atoms with Gasteiger partial charge in [0.15, 0.2) is 0 Å². The average Bonchev–Trinajstić information content (AvgIpc) is 2.98. The van der Waals surface area contributed by atoms with Gasteiger partial charge < -0.3 is 10.6 Å². The van der Waals surface area contributed by atoms with E-state index in [1.54, 1.807) is 11.3 Å². The predicted octanol–water partition coefficient (Wildman–Crippen LogP) is 3.18. The number of pyridine rings is 1. The van der Waals surface area contributed by atoms with Gasteiger partial charge in [0, 0.05) is 42.4 Å². The van der Waals surface area contributed by atoms with Gasteiger partial charge in [0.2, 0.25) is 0 Å². The number of aromatic nitrogens is 2. The zero-order valence-electron chi connectivity index (χ0n) is 15.7. The van der Waals surface area contributed by atoms with Gasteiger partial charge in [-0.2, -0.15) is 0 Å². The summed E-state index contributed by atoms with van der Waals surface area (Å²) in [5, 5.41) is 7.11. The number of amides is 2. The Morgan fingerprint density at radius 3 is 2.62 bits per heavy atom. The minimum absolute atomic E-state index is 0.0870. The van der Waals surface area contributed by atoms with Crippen LogP contribution in [0.1, 0.15) is 46.9 Å².